The van der Waals surface area contributed by atoms with E-state index in [0.29, 0.717) is 0 Å². The molecule has 1 radical (unpaired) electrons. The first-order valence-corrected chi connectivity index (χ1v) is 4.41. The molecular formula is C9H18N. The van der Waals surface area contributed by atoms with Crippen LogP contribution in [0.2, 0.25) is 0 Å². The average Bonchev–Trinajstić information content (AvgIpc) is 2.69. The molecule has 1 heteroatoms. The average molecular weight is 140 g/mol. The highest BCUT2D eigenvalue weighted by molar-refractivity contribution is 4.84. The second-order valence-corrected chi connectivity index (χ2v) is 3.12. The van der Waals surface area contributed by atoms with E-state index in [4.69, 9.17) is 0 Å². The Bertz CT molecular complexity index is 80.7. The van der Waals surface area contributed by atoms with Crippen LogP contribution in [-0.2, 0) is 0 Å². The van der Waals surface area contributed by atoms with Gasteiger partial charge in [0.05, 0.1) is 0 Å². The molecule has 0 aromatic rings. The van der Waals surface area contributed by atoms with Gasteiger partial charge in [-0.25, -0.2) is 0 Å². The topological polar surface area (TPSA) is 3.24 Å². The molecule has 1 aliphatic carbocycles. The van der Waals surface area contributed by atoms with E-state index in [1.54, 1.807) is 0 Å². The summed E-state index contributed by atoms with van der Waals surface area (Å²) in [7, 11) is 0. The van der Waals surface area contributed by atoms with Gasteiger partial charge in [-0.15, -0.1) is 0 Å². The number of rotatable bonds is 5. The van der Waals surface area contributed by atoms with Crippen molar-refractivity contribution in [2.75, 3.05) is 13.1 Å². The van der Waals surface area contributed by atoms with Gasteiger partial charge < -0.3 is 4.90 Å². The highest BCUT2D eigenvalue weighted by Gasteiger charge is 2.27. The number of hydrogen-bond donors (Lipinski definition) is 0. The third kappa shape index (κ3) is 2.30. The van der Waals surface area contributed by atoms with E-state index >= 15 is 0 Å². The van der Waals surface area contributed by atoms with Crippen LogP contribution in [0.15, 0.2) is 0 Å². The van der Waals surface area contributed by atoms with Crippen molar-refractivity contribution >= 4 is 0 Å². The maximum atomic E-state index is 3.88. The molecule has 0 amide bonds. The standard InChI is InChI=1S/C9H18N/c1-3-7-10(8-4-2)9-5-6-9/h9H,1,3-8H2,2H3. The van der Waals surface area contributed by atoms with E-state index in [1.807, 2.05) is 0 Å². The molecule has 0 aliphatic heterocycles. The molecule has 1 saturated carbocycles. The molecule has 0 atom stereocenters. The molecule has 0 spiro atoms. The summed E-state index contributed by atoms with van der Waals surface area (Å²) < 4.78 is 0. The molecule has 0 bridgehead atoms. The van der Waals surface area contributed by atoms with Crippen LogP contribution >= 0.6 is 0 Å². The molecule has 1 aliphatic rings. The van der Waals surface area contributed by atoms with Gasteiger partial charge in [0, 0.05) is 6.04 Å². The van der Waals surface area contributed by atoms with Crippen molar-refractivity contribution in [1.82, 2.24) is 4.90 Å². The van der Waals surface area contributed by atoms with Crippen molar-refractivity contribution in [3.8, 4) is 0 Å². The molecule has 10 heavy (non-hydrogen) atoms. The molecule has 0 saturated heterocycles. The van der Waals surface area contributed by atoms with E-state index in [0.717, 1.165) is 12.5 Å². The molecule has 0 heterocycles. The van der Waals surface area contributed by atoms with Gasteiger partial charge in [-0.05, 0) is 38.8 Å². The summed E-state index contributed by atoms with van der Waals surface area (Å²) in [5.41, 5.74) is 0. The lowest BCUT2D eigenvalue weighted by Crippen LogP contribution is -2.27. The molecule has 1 rings (SSSR count). The Morgan fingerprint density at radius 2 is 2.10 bits per heavy atom. The minimum Gasteiger partial charge on any atom is -0.300 e. The summed E-state index contributed by atoms with van der Waals surface area (Å²) in [4.78, 5) is 2.58. The second kappa shape index (κ2) is 3.97. The van der Waals surface area contributed by atoms with E-state index in [2.05, 4.69) is 18.7 Å². The van der Waals surface area contributed by atoms with Gasteiger partial charge >= 0.3 is 0 Å². The Morgan fingerprint density at radius 3 is 2.50 bits per heavy atom. The van der Waals surface area contributed by atoms with Crippen LogP contribution in [0.4, 0.5) is 0 Å². The van der Waals surface area contributed by atoms with E-state index in [-0.39, 0.29) is 0 Å². The zero-order chi connectivity index (χ0) is 7.40. The van der Waals surface area contributed by atoms with Gasteiger partial charge in [0.15, 0.2) is 0 Å². The first kappa shape index (κ1) is 8.06. The Kier molecular flexibility index (Phi) is 3.20. The van der Waals surface area contributed by atoms with Crippen LogP contribution in [0, 0.1) is 6.92 Å². The van der Waals surface area contributed by atoms with Crippen molar-refractivity contribution in [3.05, 3.63) is 6.92 Å². The monoisotopic (exact) mass is 140 g/mol. The summed E-state index contributed by atoms with van der Waals surface area (Å²) in [5.74, 6) is 0. The summed E-state index contributed by atoms with van der Waals surface area (Å²) >= 11 is 0. The third-order valence-electron chi connectivity index (χ3n) is 2.02. The van der Waals surface area contributed by atoms with Crippen LogP contribution in [0.25, 0.3) is 0 Å². The Labute approximate surface area is 64.4 Å². The van der Waals surface area contributed by atoms with Crippen LogP contribution in [0.1, 0.15) is 32.6 Å². The first-order valence-electron chi connectivity index (χ1n) is 4.41. The van der Waals surface area contributed by atoms with Gasteiger partial charge in [-0.1, -0.05) is 13.8 Å². The summed E-state index contributed by atoms with van der Waals surface area (Å²) in [5, 5.41) is 0. The number of hydrogen-bond acceptors (Lipinski definition) is 1. The maximum absolute atomic E-state index is 3.88. The lowest BCUT2D eigenvalue weighted by molar-refractivity contribution is 0.269. The summed E-state index contributed by atoms with van der Waals surface area (Å²) in [6.07, 6.45) is 5.22. The molecule has 0 aromatic carbocycles. The predicted octanol–water partition coefficient (Wildman–Crippen LogP) is 2.08. The summed E-state index contributed by atoms with van der Waals surface area (Å²) in [6, 6.07) is 0.932. The Balaban J connectivity index is 2.13. The van der Waals surface area contributed by atoms with Gasteiger partial charge in [-0.2, -0.15) is 0 Å². The van der Waals surface area contributed by atoms with Crippen molar-refractivity contribution in [3.63, 3.8) is 0 Å². The normalized spacial score (nSPS) is 18.3. The van der Waals surface area contributed by atoms with Gasteiger partial charge in [0.1, 0.15) is 0 Å². The van der Waals surface area contributed by atoms with Gasteiger partial charge in [-0.3, -0.25) is 0 Å². The largest absolute Gasteiger partial charge is 0.300 e. The van der Waals surface area contributed by atoms with Crippen LogP contribution in [-0.4, -0.2) is 24.0 Å². The fourth-order valence-electron chi connectivity index (χ4n) is 1.41. The molecular weight excluding hydrogens is 122 g/mol. The molecule has 0 unspecified atom stereocenters. The molecule has 59 valence electrons. The lowest BCUT2D eigenvalue weighted by Gasteiger charge is -2.19. The van der Waals surface area contributed by atoms with E-state index < -0.39 is 0 Å². The highest BCUT2D eigenvalue weighted by Crippen LogP contribution is 2.26. The SMILES string of the molecule is [CH2]CCN(CCC)C1CC1. The lowest BCUT2D eigenvalue weighted by atomic mass is 10.3. The smallest absolute Gasteiger partial charge is 0.00964 e. The van der Waals surface area contributed by atoms with Crippen molar-refractivity contribution in [2.45, 2.75) is 38.6 Å². The minimum atomic E-state index is 0.932. The van der Waals surface area contributed by atoms with Crippen molar-refractivity contribution in [2.24, 2.45) is 0 Å². The highest BCUT2D eigenvalue weighted by atomic mass is 15.2. The fraction of sp³-hybridized carbons (Fsp3) is 0.889. The van der Waals surface area contributed by atoms with Crippen LogP contribution in [0.5, 0.6) is 0 Å². The van der Waals surface area contributed by atoms with Crippen LogP contribution < -0.4 is 0 Å². The molecule has 0 aromatic heterocycles. The predicted molar refractivity (Wildman–Crippen MR) is 44.9 cm³/mol. The molecule has 1 nitrogen and oxygen atoms in total. The molecule has 0 N–H and O–H groups in total. The zero-order valence-electron chi connectivity index (χ0n) is 6.97. The van der Waals surface area contributed by atoms with Gasteiger partial charge in [0.2, 0.25) is 0 Å². The Morgan fingerprint density at radius 1 is 1.40 bits per heavy atom. The minimum absolute atomic E-state index is 0.932. The maximum Gasteiger partial charge on any atom is 0.00964 e. The quantitative estimate of drug-likeness (QED) is 0.565. The van der Waals surface area contributed by atoms with E-state index in [9.17, 15) is 0 Å². The van der Waals surface area contributed by atoms with E-state index in [1.165, 1.54) is 32.4 Å². The Hall–Kier alpha value is -0.0400. The summed E-state index contributed by atoms with van der Waals surface area (Å²) in [6.45, 7) is 8.61. The second-order valence-electron chi connectivity index (χ2n) is 3.12. The van der Waals surface area contributed by atoms with Gasteiger partial charge in [0.25, 0.3) is 0 Å². The zero-order valence-corrected chi connectivity index (χ0v) is 6.97. The van der Waals surface area contributed by atoms with Crippen molar-refractivity contribution in [1.29, 1.82) is 0 Å². The molecule has 1 fully saturated rings. The third-order valence-corrected chi connectivity index (χ3v) is 2.02. The number of nitrogens with zero attached hydrogens (tertiary/aromatic N) is 1. The first-order chi connectivity index (χ1) is 4.88. The van der Waals surface area contributed by atoms with Crippen LogP contribution in [0.3, 0.4) is 0 Å². The fourth-order valence-corrected chi connectivity index (χ4v) is 1.41. The van der Waals surface area contributed by atoms with Crippen molar-refractivity contribution < 1.29 is 0 Å².